The van der Waals surface area contributed by atoms with Crippen molar-refractivity contribution in [2.24, 2.45) is 11.7 Å². The van der Waals surface area contributed by atoms with Gasteiger partial charge in [-0.3, -0.25) is 9.97 Å². The van der Waals surface area contributed by atoms with E-state index in [2.05, 4.69) is 9.97 Å². The first-order chi connectivity index (χ1) is 5.38. The molecule has 0 amide bonds. The average molecular weight is 149 g/mol. The first-order valence-electron chi connectivity index (χ1n) is 3.89. The van der Waals surface area contributed by atoms with Gasteiger partial charge in [0, 0.05) is 18.6 Å². The maximum atomic E-state index is 5.90. The van der Waals surface area contributed by atoms with Crippen LogP contribution in [0.1, 0.15) is 24.6 Å². The molecule has 2 rings (SSSR count). The van der Waals surface area contributed by atoms with Crippen LogP contribution in [0.25, 0.3) is 0 Å². The van der Waals surface area contributed by atoms with Crippen LogP contribution < -0.4 is 5.73 Å². The lowest BCUT2D eigenvalue weighted by Crippen LogP contribution is -2.13. The number of hydrogen-bond donors (Lipinski definition) is 1. The maximum absolute atomic E-state index is 5.90. The third-order valence-electron chi connectivity index (χ3n) is 2.05. The number of nitrogens with two attached hydrogens (primary N) is 1. The molecule has 2 N–H and O–H groups in total. The van der Waals surface area contributed by atoms with Gasteiger partial charge in [0.25, 0.3) is 0 Å². The number of hydrogen-bond acceptors (Lipinski definition) is 3. The smallest absolute Gasteiger partial charge is 0.0756 e. The molecule has 11 heavy (non-hydrogen) atoms. The fraction of sp³-hybridized carbons (Fsp3) is 0.500. The van der Waals surface area contributed by atoms with E-state index in [4.69, 9.17) is 5.73 Å². The summed E-state index contributed by atoms with van der Waals surface area (Å²) >= 11 is 0. The Morgan fingerprint density at radius 1 is 1.45 bits per heavy atom. The lowest BCUT2D eigenvalue weighted by atomic mass is 10.1. The van der Waals surface area contributed by atoms with Crippen molar-refractivity contribution in [3.63, 3.8) is 0 Å². The van der Waals surface area contributed by atoms with Crippen LogP contribution in [-0.2, 0) is 0 Å². The summed E-state index contributed by atoms with van der Waals surface area (Å²) in [6, 6.07) is 0.115. The molecule has 1 aliphatic rings. The van der Waals surface area contributed by atoms with E-state index in [0.717, 1.165) is 5.69 Å². The molecule has 0 unspecified atom stereocenters. The van der Waals surface area contributed by atoms with Gasteiger partial charge in [-0.2, -0.15) is 0 Å². The topological polar surface area (TPSA) is 51.8 Å². The van der Waals surface area contributed by atoms with Crippen LogP contribution in [0.15, 0.2) is 18.6 Å². The van der Waals surface area contributed by atoms with Gasteiger partial charge in [-0.15, -0.1) is 0 Å². The summed E-state index contributed by atoms with van der Waals surface area (Å²) in [5, 5.41) is 0. The molecule has 1 saturated carbocycles. The molecule has 0 aromatic carbocycles. The molecule has 1 atom stereocenters. The molecule has 0 saturated heterocycles. The summed E-state index contributed by atoms with van der Waals surface area (Å²) < 4.78 is 0. The standard InChI is InChI=1S/C8H11N3/c9-8(6-1-2-6)7-5-10-3-4-11-7/h3-6,8H,1-2,9H2/t8-/m1/s1. The summed E-state index contributed by atoms with van der Waals surface area (Å²) in [6.45, 7) is 0. The van der Waals surface area contributed by atoms with E-state index in [1.807, 2.05) is 0 Å². The third-order valence-corrected chi connectivity index (χ3v) is 2.05. The zero-order valence-electron chi connectivity index (χ0n) is 6.27. The molecule has 1 aromatic heterocycles. The number of rotatable bonds is 2. The molecule has 3 nitrogen and oxygen atoms in total. The highest BCUT2D eigenvalue weighted by atomic mass is 14.8. The van der Waals surface area contributed by atoms with Gasteiger partial charge >= 0.3 is 0 Å². The quantitative estimate of drug-likeness (QED) is 0.679. The highest BCUT2D eigenvalue weighted by molar-refractivity contribution is 5.05. The normalized spacial score (nSPS) is 19.7. The summed E-state index contributed by atoms with van der Waals surface area (Å²) in [6.07, 6.45) is 7.61. The van der Waals surface area contributed by atoms with Gasteiger partial charge in [0.05, 0.1) is 11.7 Å². The molecule has 1 aliphatic carbocycles. The van der Waals surface area contributed by atoms with Crippen molar-refractivity contribution < 1.29 is 0 Å². The van der Waals surface area contributed by atoms with Gasteiger partial charge in [0.1, 0.15) is 0 Å². The van der Waals surface area contributed by atoms with Crippen LogP contribution in [-0.4, -0.2) is 9.97 Å². The lowest BCUT2D eigenvalue weighted by molar-refractivity contribution is 0.611. The molecule has 0 aliphatic heterocycles. The van der Waals surface area contributed by atoms with Crippen molar-refractivity contribution in [1.29, 1.82) is 0 Å². The molecule has 1 fully saturated rings. The van der Waals surface area contributed by atoms with Gasteiger partial charge < -0.3 is 5.73 Å². The number of aromatic nitrogens is 2. The predicted octanol–water partition coefficient (Wildman–Crippen LogP) is 0.886. The molecule has 58 valence electrons. The minimum atomic E-state index is 0.115. The second-order valence-corrected chi connectivity index (χ2v) is 2.99. The maximum Gasteiger partial charge on any atom is 0.0756 e. The minimum Gasteiger partial charge on any atom is -0.322 e. The van der Waals surface area contributed by atoms with Gasteiger partial charge in [-0.05, 0) is 18.8 Å². The van der Waals surface area contributed by atoms with Crippen LogP contribution in [0.5, 0.6) is 0 Å². The number of nitrogens with zero attached hydrogens (tertiary/aromatic N) is 2. The van der Waals surface area contributed by atoms with E-state index in [9.17, 15) is 0 Å². The Hall–Kier alpha value is -0.960. The Balaban J connectivity index is 2.15. The van der Waals surface area contributed by atoms with Gasteiger partial charge in [0.2, 0.25) is 0 Å². The van der Waals surface area contributed by atoms with E-state index < -0.39 is 0 Å². The molecule has 3 heteroatoms. The zero-order chi connectivity index (χ0) is 7.68. The molecule has 0 bridgehead atoms. The Bertz CT molecular complexity index is 230. The largest absolute Gasteiger partial charge is 0.322 e. The van der Waals surface area contributed by atoms with Gasteiger partial charge in [-0.25, -0.2) is 0 Å². The van der Waals surface area contributed by atoms with Crippen LogP contribution in [0, 0.1) is 5.92 Å². The molecule has 1 heterocycles. The van der Waals surface area contributed by atoms with Crippen LogP contribution >= 0.6 is 0 Å². The van der Waals surface area contributed by atoms with E-state index >= 15 is 0 Å². The molecular formula is C8H11N3. The highest BCUT2D eigenvalue weighted by Crippen LogP contribution is 2.38. The summed E-state index contributed by atoms with van der Waals surface area (Å²) in [7, 11) is 0. The Morgan fingerprint density at radius 2 is 2.27 bits per heavy atom. The van der Waals surface area contributed by atoms with Crippen molar-refractivity contribution in [3.8, 4) is 0 Å². The lowest BCUT2D eigenvalue weighted by Gasteiger charge is -2.06. The van der Waals surface area contributed by atoms with Crippen molar-refractivity contribution in [2.45, 2.75) is 18.9 Å². The van der Waals surface area contributed by atoms with Crippen molar-refractivity contribution in [1.82, 2.24) is 9.97 Å². The zero-order valence-corrected chi connectivity index (χ0v) is 6.27. The second-order valence-electron chi connectivity index (χ2n) is 2.99. The molecule has 0 spiro atoms. The van der Waals surface area contributed by atoms with Gasteiger partial charge in [-0.1, -0.05) is 0 Å². The molecule has 1 aromatic rings. The van der Waals surface area contributed by atoms with E-state index in [0.29, 0.717) is 5.92 Å². The summed E-state index contributed by atoms with van der Waals surface area (Å²) in [4.78, 5) is 8.13. The average Bonchev–Trinajstić information content (AvgIpc) is 2.87. The van der Waals surface area contributed by atoms with E-state index in [1.54, 1.807) is 18.6 Å². The predicted molar refractivity (Wildman–Crippen MR) is 41.7 cm³/mol. The SMILES string of the molecule is N[C@@H](c1cnccn1)C1CC1. The monoisotopic (exact) mass is 149 g/mol. The van der Waals surface area contributed by atoms with Crippen molar-refractivity contribution in [2.75, 3.05) is 0 Å². The van der Waals surface area contributed by atoms with Crippen LogP contribution in [0.2, 0.25) is 0 Å². The Morgan fingerprint density at radius 3 is 2.82 bits per heavy atom. The van der Waals surface area contributed by atoms with Crippen LogP contribution in [0.3, 0.4) is 0 Å². The minimum absolute atomic E-state index is 0.115. The molecular weight excluding hydrogens is 138 g/mol. The van der Waals surface area contributed by atoms with Crippen molar-refractivity contribution in [3.05, 3.63) is 24.3 Å². The summed E-state index contributed by atoms with van der Waals surface area (Å²) in [5.74, 6) is 0.659. The second kappa shape index (κ2) is 2.58. The third kappa shape index (κ3) is 1.38. The van der Waals surface area contributed by atoms with Crippen molar-refractivity contribution >= 4 is 0 Å². The van der Waals surface area contributed by atoms with Crippen LogP contribution in [0.4, 0.5) is 0 Å². The van der Waals surface area contributed by atoms with Gasteiger partial charge in [0.15, 0.2) is 0 Å². The Kier molecular flexibility index (Phi) is 1.58. The van der Waals surface area contributed by atoms with E-state index in [1.165, 1.54) is 12.8 Å². The fourth-order valence-corrected chi connectivity index (χ4v) is 1.18. The summed E-state index contributed by atoms with van der Waals surface area (Å²) in [5.41, 5.74) is 6.82. The Labute approximate surface area is 65.7 Å². The first kappa shape index (κ1) is 6.73. The van der Waals surface area contributed by atoms with E-state index in [-0.39, 0.29) is 6.04 Å². The molecule has 0 radical (unpaired) electrons. The first-order valence-corrected chi connectivity index (χ1v) is 3.89. The fourth-order valence-electron chi connectivity index (χ4n) is 1.18. The highest BCUT2D eigenvalue weighted by Gasteiger charge is 2.30.